The molecule has 228 valence electrons. The van der Waals surface area contributed by atoms with Gasteiger partial charge in [0.05, 0.1) is 36.0 Å². The molecule has 2 aromatic heterocycles. The van der Waals surface area contributed by atoms with Gasteiger partial charge in [-0.1, -0.05) is 59.8 Å². The van der Waals surface area contributed by atoms with Crippen molar-refractivity contribution in [1.82, 2.24) is 25.1 Å². The summed E-state index contributed by atoms with van der Waals surface area (Å²) in [6.45, 7) is 4.24. The lowest BCUT2D eigenvalue weighted by molar-refractivity contribution is -0.130. The highest BCUT2D eigenvalue weighted by Gasteiger charge is 2.33. The Bertz CT molecular complexity index is 1830. The van der Waals surface area contributed by atoms with Crippen LogP contribution in [0.2, 0.25) is 0 Å². The molecule has 1 atom stereocenters. The topological polar surface area (TPSA) is 102 Å². The van der Waals surface area contributed by atoms with Gasteiger partial charge in [0.15, 0.2) is 11.0 Å². The molecule has 0 radical (unpaired) electrons. The maximum atomic E-state index is 13.9. The van der Waals surface area contributed by atoms with Crippen LogP contribution in [0.3, 0.4) is 0 Å². The number of aryl methyl sites for hydroxylation is 2. The number of methoxy groups -OCH3 is 1. The fraction of sp³-hybridized carbons (Fsp3) is 0.206. The van der Waals surface area contributed by atoms with E-state index in [1.165, 1.54) is 23.1 Å². The number of nitrogens with one attached hydrogen (secondary N) is 1. The predicted molar refractivity (Wildman–Crippen MR) is 177 cm³/mol. The molecule has 0 spiro atoms. The first kappa shape index (κ1) is 30.3. The minimum Gasteiger partial charge on any atom is -0.497 e. The third kappa shape index (κ3) is 6.84. The van der Waals surface area contributed by atoms with Gasteiger partial charge in [0.25, 0.3) is 11.8 Å². The molecule has 5 aromatic rings. The second-order valence-electron chi connectivity index (χ2n) is 10.7. The van der Waals surface area contributed by atoms with Crippen molar-refractivity contribution in [3.8, 4) is 11.4 Å². The number of thioether (sulfide) groups is 1. The first-order valence-electron chi connectivity index (χ1n) is 14.5. The average molecular weight is 637 g/mol. The van der Waals surface area contributed by atoms with E-state index in [2.05, 4.69) is 39.8 Å². The first-order valence-corrected chi connectivity index (χ1v) is 16.3. The third-order valence-electron chi connectivity index (χ3n) is 7.49. The zero-order valence-electron chi connectivity index (χ0n) is 25.1. The number of ether oxygens (including phenoxy) is 1. The second kappa shape index (κ2) is 13.5. The highest BCUT2D eigenvalue weighted by Crippen LogP contribution is 2.34. The van der Waals surface area contributed by atoms with Crippen LogP contribution in [0.5, 0.6) is 5.75 Å². The number of thiophene rings is 1. The highest BCUT2D eigenvalue weighted by molar-refractivity contribution is 7.99. The Kier molecular flexibility index (Phi) is 9.08. The number of hydrogen-bond donors (Lipinski definition) is 1. The molecule has 0 bridgehead atoms. The molecular formula is C34H32N6O3S2. The van der Waals surface area contributed by atoms with E-state index in [-0.39, 0.29) is 30.2 Å². The summed E-state index contributed by atoms with van der Waals surface area (Å²) in [5.41, 5.74) is 5.89. The van der Waals surface area contributed by atoms with Gasteiger partial charge in [-0.3, -0.25) is 14.2 Å². The SMILES string of the molecule is COc1ccc(C2=NN(C(=O)CSc3nnc(CNC(=O)c4cccs4)n3-c3cccc(C)c3)[C@H](c3ccc(C)cc3)C2)cc1. The van der Waals surface area contributed by atoms with E-state index in [1.54, 1.807) is 18.2 Å². The van der Waals surface area contributed by atoms with Gasteiger partial charge in [0.2, 0.25) is 0 Å². The van der Waals surface area contributed by atoms with Crippen LogP contribution >= 0.6 is 23.1 Å². The Morgan fingerprint density at radius 2 is 1.78 bits per heavy atom. The number of rotatable bonds is 10. The maximum absolute atomic E-state index is 13.9. The summed E-state index contributed by atoms with van der Waals surface area (Å²) in [4.78, 5) is 27.1. The van der Waals surface area contributed by atoms with Crippen molar-refractivity contribution in [1.29, 1.82) is 0 Å². The van der Waals surface area contributed by atoms with Crippen LogP contribution in [0.4, 0.5) is 0 Å². The highest BCUT2D eigenvalue weighted by atomic mass is 32.2. The monoisotopic (exact) mass is 636 g/mol. The molecule has 0 fully saturated rings. The molecule has 1 N–H and O–H groups in total. The molecule has 3 aromatic carbocycles. The summed E-state index contributed by atoms with van der Waals surface area (Å²) in [5, 5.41) is 20.6. The Balaban J connectivity index is 1.25. The van der Waals surface area contributed by atoms with Gasteiger partial charge in [-0.25, -0.2) is 5.01 Å². The van der Waals surface area contributed by atoms with Crippen molar-refractivity contribution in [2.75, 3.05) is 12.9 Å². The van der Waals surface area contributed by atoms with Crippen LogP contribution in [0.15, 0.2) is 101 Å². The third-order valence-corrected chi connectivity index (χ3v) is 9.27. The van der Waals surface area contributed by atoms with Crippen LogP contribution in [0, 0.1) is 13.8 Å². The smallest absolute Gasteiger partial charge is 0.261 e. The Hall–Kier alpha value is -4.74. The lowest BCUT2D eigenvalue weighted by Gasteiger charge is -2.22. The van der Waals surface area contributed by atoms with Crippen LogP contribution in [-0.4, -0.2) is 50.2 Å². The van der Waals surface area contributed by atoms with Crippen molar-refractivity contribution >= 4 is 40.6 Å². The molecule has 1 aliphatic heterocycles. The average Bonchev–Trinajstić information content (AvgIpc) is 3.83. The molecule has 1 aliphatic rings. The Morgan fingerprint density at radius 1 is 0.978 bits per heavy atom. The van der Waals surface area contributed by atoms with Gasteiger partial charge < -0.3 is 10.1 Å². The van der Waals surface area contributed by atoms with Crippen molar-refractivity contribution in [3.63, 3.8) is 0 Å². The molecule has 6 rings (SSSR count). The number of hydrazone groups is 1. The predicted octanol–water partition coefficient (Wildman–Crippen LogP) is 6.35. The van der Waals surface area contributed by atoms with Crippen molar-refractivity contribution in [3.05, 3.63) is 123 Å². The number of aromatic nitrogens is 3. The van der Waals surface area contributed by atoms with Crippen LogP contribution in [0.25, 0.3) is 5.69 Å². The van der Waals surface area contributed by atoms with Crippen LogP contribution < -0.4 is 10.1 Å². The minimum absolute atomic E-state index is 0.104. The summed E-state index contributed by atoms with van der Waals surface area (Å²) >= 11 is 2.68. The Morgan fingerprint density at radius 3 is 2.49 bits per heavy atom. The maximum Gasteiger partial charge on any atom is 0.261 e. The molecule has 11 heteroatoms. The van der Waals surface area contributed by atoms with Crippen molar-refractivity contribution in [2.45, 2.75) is 38.0 Å². The van der Waals surface area contributed by atoms with E-state index >= 15 is 0 Å². The summed E-state index contributed by atoms with van der Waals surface area (Å²) in [5.74, 6) is 1.13. The zero-order valence-corrected chi connectivity index (χ0v) is 26.8. The lowest BCUT2D eigenvalue weighted by Crippen LogP contribution is -2.28. The summed E-state index contributed by atoms with van der Waals surface area (Å²) in [6, 6.07) is 27.3. The minimum atomic E-state index is -0.228. The molecule has 2 amide bonds. The van der Waals surface area contributed by atoms with Gasteiger partial charge in [0.1, 0.15) is 5.75 Å². The summed E-state index contributed by atoms with van der Waals surface area (Å²) < 4.78 is 7.22. The molecule has 0 saturated carbocycles. The molecule has 0 saturated heterocycles. The van der Waals surface area contributed by atoms with E-state index in [4.69, 9.17) is 9.84 Å². The van der Waals surface area contributed by atoms with Gasteiger partial charge in [-0.2, -0.15) is 5.10 Å². The molecule has 9 nitrogen and oxygen atoms in total. The zero-order chi connectivity index (χ0) is 31.3. The van der Waals surface area contributed by atoms with Crippen LogP contribution in [0.1, 0.15) is 50.2 Å². The van der Waals surface area contributed by atoms with E-state index < -0.39 is 0 Å². The number of carbonyl (C=O) groups excluding carboxylic acids is 2. The van der Waals surface area contributed by atoms with Crippen molar-refractivity contribution < 1.29 is 14.3 Å². The van der Waals surface area contributed by atoms with Gasteiger partial charge in [-0.05, 0) is 78.4 Å². The summed E-state index contributed by atoms with van der Waals surface area (Å²) in [7, 11) is 1.64. The lowest BCUT2D eigenvalue weighted by atomic mass is 9.97. The van der Waals surface area contributed by atoms with Crippen molar-refractivity contribution in [2.24, 2.45) is 5.10 Å². The van der Waals surface area contributed by atoms with E-state index in [0.29, 0.717) is 22.3 Å². The molecule has 3 heterocycles. The molecular weight excluding hydrogens is 605 g/mol. The quantitative estimate of drug-likeness (QED) is 0.179. The standard InChI is InChI=1S/C34H32N6O3S2/c1-22-9-11-25(12-10-22)29-19-28(24-13-15-27(43-3)16-14-24)38-40(29)32(41)21-45-34-37-36-31(20-35-33(42)30-8-5-17-44-30)39(34)26-7-4-6-23(2)18-26/h4-18,29H,19-21H2,1-3H3,(H,35,42)/t29-/m0/s1. The fourth-order valence-corrected chi connectivity index (χ4v) is 6.59. The normalized spacial score (nSPS) is 14.3. The van der Waals surface area contributed by atoms with E-state index in [1.807, 2.05) is 78.4 Å². The molecule has 0 unspecified atom stereocenters. The van der Waals surface area contributed by atoms with Gasteiger partial charge in [0, 0.05) is 12.1 Å². The summed E-state index contributed by atoms with van der Waals surface area (Å²) in [6.07, 6.45) is 0.597. The fourth-order valence-electron chi connectivity index (χ4n) is 5.13. The van der Waals surface area contributed by atoms with E-state index in [0.717, 1.165) is 39.4 Å². The first-order chi connectivity index (χ1) is 21.9. The van der Waals surface area contributed by atoms with Crippen LogP contribution in [-0.2, 0) is 11.3 Å². The van der Waals surface area contributed by atoms with E-state index in [9.17, 15) is 9.59 Å². The number of carbonyl (C=O) groups is 2. The van der Waals surface area contributed by atoms with Gasteiger partial charge in [-0.15, -0.1) is 21.5 Å². The van der Waals surface area contributed by atoms with Gasteiger partial charge >= 0.3 is 0 Å². The Labute approximate surface area is 270 Å². The number of nitrogens with zero attached hydrogens (tertiary/aromatic N) is 5. The number of benzene rings is 3. The molecule has 0 aliphatic carbocycles. The largest absolute Gasteiger partial charge is 0.497 e. The molecule has 45 heavy (non-hydrogen) atoms. The number of amides is 2. The second-order valence-corrected chi connectivity index (χ2v) is 12.6. The number of hydrogen-bond acceptors (Lipinski definition) is 8.